The minimum Gasteiger partial charge on any atom is -0.480 e. The molecular weight excluding hydrogens is 270 g/mol. The Kier molecular flexibility index (Phi) is 7.46. The van der Waals surface area contributed by atoms with E-state index in [1.54, 1.807) is 0 Å². The van der Waals surface area contributed by atoms with Gasteiger partial charge < -0.3 is 14.7 Å². The van der Waals surface area contributed by atoms with E-state index in [4.69, 9.17) is 9.84 Å². The summed E-state index contributed by atoms with van der Waals surface area (Å²) in [6.45, 7) is 3.87. The van der Waals surface area contributed by atoms with Gasteiger partial charge >= 0.3 is 5.97 Å². The summed E-state index contributed by atoms with van der Waals surface area (Å²) >= 11 is 0. The minimum absolute atomic E-state index is 0.00486. The van der Waals surface area contributed by atoms with Crippen LogP contribution in [-0.4, -0.2) is 47.7 Å². The summed E-state index contributed by atoms with van der Waals surface area (Å²) in [5.74, 6) is -1.30. The largest absolute Gasteiger partial charge is 0.480 e. The van der Waals surface area contributed by atoms with Crippen molar-refractivity contribution in [1.29, 1.82) is 0 Å². The van der Waals surface area contributed by atoms with Gasteiger partial charge in [-0.15, -0.1) is 0 Å². The van der Waals surface area contributed by atoms with E-state index in [9.17, 15) is 9.59 Å². The maximum Gasteiger partial charge on any atom is 0.323 e. The summed E-state index contributed by atoms with van der Waals surface area (Å²) in [6, 6.07) is 9.68. The molecule has 0 aliphatic heterocycles. The van der Waals surface area contributed by atoms with Crippen LogP contribution >= 0.6 is 0 Å². The highest BCUT2D eigenvalue weighted by atomic mass is 16.5. The smallest absolute Gasteiger partial charge is 0.323 e. The average Bonchev–Trinajstić information content (AvgIpc) is 2.49. The Labute approximate surface area is 125 Å². The van der Waals surface area contributed by atoms with Crippen LogP contribution in [0, 0.1) is 0 Å². The molecule has 5 heteroatoms. The summed E-state index contributed by atoms with van der Waals surface area (Å²) in [5, 5.41) is 8.92. The maximum atomic E-state index is 12.1. The Balaban J connectivity index is 2.54. The molecule has 1 aromatic carbocycles. The lowest BCUT2D eigenvalue weighted by Crippen LogP contribution is -2.39. The third-order valence-corrected chi connectivity index (χ3v) is 3.26. The molecule has 0 saturated heterocycles. The molecule has 0 spiro atoms. The zero-order valence-electron chi connectivity index (χ0n) is 12.6. The van der Waals surface area contributed by atoms with Crippen molar-refractivity contribution >= 4 is 11.9 Å². The quantitative estimate of drug-likeness (QED) is 0.756. The number of hydrogen-bond donors (Lipinski definition) is 1. The second-order valence-corrected chi connectivity index (χ2v) is 4.97. The fourth-order valence-corrected chi connectivity index (χ4v) is 1.79. The molecule has 21 heavy (non-hydrogen) atoms. The van der Waals surface area contributed by atoms with E-state index in [-0.39, 0.29) is 25.2 Å². The van der Waals surface area contributed by atoms with Crippen molar-refractivity contribution in [2.75, 3.05) is 19.7 Å². The van der Waals surface area contributed by atoms with Crippen LogP contribution in [0.15, 0.2) is 30.3 Å². The summed E-state index contributed by atoms with van der Waals surface area (Å²) in [5.41, 5.74) is 1.07. The number of ether oxygens (including phenoxy) is 1. The summed E-state index contributed by atoms with van der Waals surface area (Å²) in [7, 11) is 0. The number of hydrogen-bond acceptors (Lipinski definition) is 3. The molecule has 1 aromatic rings. The van der Waals surface area contributed by atoms with Crippen molar-refractivity contribution in [3.8, 4) is 0 Å². The first-order chi connectivity index (χ1) is 10.0. The fraction of sp³-hybridized carbons (Fsp3) is 0.500. The van der Waals surface area contributed by atoms with Gasteiger partial charge in [-0.1, -0.05) is 37.3 Å². The van der Waals surface area contributed by atoms with Crippen molar-refractivity contribution in [2.24, 2.45) is 0 Å². The van der Waals surface area contributed by atoms with Crippen LogP contribution in [0.25, 0.3) is 0 Å². The highest BCUT2D eigenvalue weighted by molar-refractivity contribution is 5.82. The number of amides is 1. The van der Waals surface area contributed by atoms with E-state index in [0.29, 0.717) is 13.0 Å². The number of carbonyl (C=O) groups excluding carboxylic acids is 1. The number of carboxylic acids is 1. The molecule has 116 valence electrons. The average molecular weight is 293 g/mol. The predicted octanol–water partition coefficient (Wildman–Crippen LogP) is 1.96. The zero-order valence-corrected chi connectivity index (χ0v) is 12.6. The molecule has 0 saturated carbocycles. The van der Waals surface area contributed by atoms with E-state index in [1.165, 1.54) is 4.90 Å². The first kappa shape index (κ1) is 17.2. The van der Waals surface area contributed by atoms with Crippen LogP contribution in [0.3, 0.4) is 0 Å². The number of nitrogens with zero attached hydrogens (tertiary/aromatic N) is 1. The maximum absolute atomic E-state index is 12.1. The molecule has 1 amide bonds. The van der Waals surface area contributed by atoms with Gasteiger partial charge in [-0.25, -0.2) is 0 Å². The van der Waals surface area contributed by atoms with Gasteiger partial charge in [-0.2, -0.15) is 0 Å². The van der Waals surface area contributed by atoms with E-state index in [0.717, 1.165) is 12.0 Å². The lowest BCUT2D eigenvalue weighted by atomic mass is 10.1. The normalized spacial score (nSPS) is 11.9. The number of aliphatic carboxylic acids is 1. The SMILES string of the molecule is CCC(C)OCC(=O)N(CCc1ccccc1)CC(=O)O. The Morgan fingerprint density at radius 2 is 1.95 bits per heavy atom. The summed E-state index contributed by atoms with van der Waals surface area (Å²) in [4.78, 5) is 24.3. The lowest BCUT2D eigenvalue weighted by molar-refractivity contribution is -0.147. The highest BCUT2D eigenvalue weighted by Crippen LogP contribution is 2.03. The first-order valence-corrected chi connectivity index (χ1v) is 7.18. The zero-order chi connectivity index (χ0) is 15.7. The van der Waals surface area contributed by atoms with E-state index >= 15 is 0 Å². The third kappa shape index (κ3) is 6.90. The van der Waals surface area contributed by atoms with Crippen molar-refractivity contribution in [3.63, 3.8) is 0 Å². The van der Waals surface area contributed by atoms with Crippen LogP contribution in [0.1, 0.15) is 25.8 Å². The first-order valence-electron chi connectivity index (χ1n) is 7.18. The monoisotopic (exact) mass is 293 g/mol. The topological polar surface area (TPSA) is 66.8 Å². The molecule has 0 aliphatic carbocycles. The van der Waals surface area contributed by atoms with Gasteiger partial charge in [0.25, 0.3) is 0 Å². The van der Waals surface area contributed by atoms with Crippen molar-refractivity contribution < 1.29 is 19.4 Å². The van der Waals surface area contributed by atoms with Gasteiger partial charge in [0, 0.05) is 6.54 Å². The molecule has 0 fully saturated rings. The Morgan fingerprint density at radius 3 is 2.52 bits per heavy atom. The molecule has 0 radical (unpaired) electrons. The molecule has 0 aromatic heterocycles. The van der Waals surface area contributed by atoms with Crippen LogP contribution in [-0.2, 0) is 20.7 Å². The number of carbonyl (C=O) groups is 2. The standard InChI is InChI=1S/C16H23NO4/c1-3-13(2)21-12-15(18)17(11-16(19)20)10-9-14-7-5-4-6-8-14/h4-8,13H,3,9-12H2,1-2H3,(H,19,20). The van der Waals surface area contributed by atoms with Gasteiger partial charge in [0.2, 0.25) is 5.91 Å². The van der Waals surface area contributed by atoms with E-state index in [2.05, 4.69) is 0 Å². The van der Waals surface area contributed by atoms with E-state index in [1.807, 2.05) is 44.2 Å². The number of rotatable bonds is 9. The second kappa shape index (κ2) is 9.13. The molecule has 1 rings (SSSR count). The lowest BCUT2D eigenvalue weighted by Gasteiger charge is -2.21. The highest BCUT2D eigenvalue weighted by Gasteiger charge is 2.17. The van der Waals surface area contributed by atoms with Gasteiger partial charge in [0.1, 0.15) is 13.2 Å². The predicted molar refractivity (Wildman–Crippen MR) is 80.1 cm³/mol. The molecule has 0 aliphatic rings. The van der Waals surface area contributed by atoms with Gasteiger partial charge in [-0.3, -0.25) is 9.59 Å². The molecule has 1 atom stereocenters. The molecular formula is C16H23NO4. The van der Waals surface area contributed by atoms with Gasteiger partial charge in [0.15, 0.2) is 0 Å². The molecule has 5 nitrogen and oxygen atoms in total. The van der Waals surface area contributed by atoms with Crippen molar-refractivity contribution in [3.05, 3.63) is 35.9 Å². The Bertz CT molecular complexity index is 447. The van der Waals surface area contributed by atoms with Gasteiger partial charge in [0.05, 0.1) is 6.10 Å². The molecule has 1 unspecified atom stereocenters. The fourth-order valence-electron chi connectivity index (χ4n) is 1.79. The van der Waals surface area contributed by atoms with E-state index < -0.39 is 5.97 Å². The second-order valence-electron chi connectivity index (χ2n) is 4.97. The van der Waals surface area contributed by atoms with Crippen molar-refractivity contribution in [2.45, 2.75) is 32.8 Å². The van der Waals surface area contributed by atoms with Crippen LogP contribution < -0.4 is 0 Å². The van der Waals surface area contributed by atoms with Crippen LogP contribution in [0.2, 0.25) is 0 Å². The Hall–Kier alpha value is -1.88. The van der Waals surface area contributed by atoms with Crippen molar-refractivity contribution in [1.82, 2.24) is 4.90 Å². The summed E-state index contributed by atoms with van der Waals surface area (Å²) < 4.78 is 5.38. The molecule has 0 heterocycles. The number of carboxylic acid groups (broad SMARTS) is 1. The minimum atomic E-state index is -1.01. The number of benzene rings is 1. The molecule has 1 N–H and O–H groups in total. The Morgan fingerprint density at radius 1 is 1.29 bits per heavy atom. The van der Waals surface area contributed by atoms with Gasteiger partial charge in [-0.05, 0) is 25.3 Å². The third-order valence-electron chi connectivity index (χ3n) is 3.26. The summed E-state index contributed by atoms with van der Waals surface area (Å²) in [6.07, 6.45) is 1.44. The van der Waals surface area contributed by atoms with Crippen LogP contribution in [0.4, 0.5) is 0 Å². The van der Waals surface area contributed by atoms with Crippen LogP contribution in [0.5, 0.6) is 0 Å². The molecule has 0 bridgehead atoms.